The maximum Gasteiger partial charge on any atom is 0.332 e. The van der Waals surface area contributed by atoms with Crippen molar-refractivity contribution in [3.63, 3.8) is 0 Å². The van der Waals surface area contributed by atoms with Crippen LogP contribution < -0.4 is 4.90 Å². The molecule has 0 aliphatic heterocycles. The van der Waals surface area contributed by atoms with Crippen molar-refractivity contribution in [1.82, 2.24) is 0 Å². The predicted octanol–water partition coefficient (Wildman–Crippen LogP) is 5.50. The van der Waals surface area contributed by atoms with E-state index in [4.69, 9.17) is 9.47 Å². The third-order valence-corrected chi connectivity index (χ3v) is 5.06. The van der Waals surface area contributed by atoms with Crippen LogP contribution in [0.15, 0.2) is 36.5 Å². The van der Waals surface area contributed by atoms with Crippen molar-refractivity contribution in [2.45, 2.75) is 77.2 Å². The number of unbranched alkanes of at least 4 members (excludes halogenated alkanes) is 2. The molecule has 30 heavy (non-hydrogen) atoms. The number of hydrogen-bond donors (Lipinski definition) is 0. The van der Waals surface area contributed by atoms with Crippen molar-refractivity contribution in [3.8, 4) is 6.07 Å². The number of anilines is 1. The number of allylic oxidation sites excluding steroid dienone is 1. The van der Waals surface area contributed by atoms with Crippen LogP contribution >= 0.6 is 0 Å². The van der Waals surface area contributed by atoms with E-state index in [1.807, 2.05) is 20.8 Å². The summed E-state index contributed by atoms with van der Waals surface area (Å²) in [5.74, 6) is -0.314. The van der Waals surface area contributed by atoms with Crippen LogP contribution in [0.2, 0.25) is 0 Å². The summed E-state index contributed by atoms with van der Waals surface area (Å²) in [4.78, 5) is 13.9. The Balaban J connectivity index is 1.73. The van der Waals surface area contributed by atoms with Crippen LogP contribution in [-0.2, 0) is 19.7 Å². The molecule has 1 aromatic carbocycles. The average Bonchev–Trinajstić information content (AvgIpc) is 3.49. The summed E-state index contributed by atoms with van der Waals surface area (Å²) in [5, 5.41) is 9.38. The molecule has 0 atom stereocenters. The van der Waals surface area contributed by atoms with Crippen molar-refractivity contribution in [2.24, 2.45) is 0 Å². The van der Waals surface area contributed by atoms with Gasteiger partial charge in [-0.1, -0.05) is 25.1 Å². The van der Waals surface area contributed by atoms with Gasteiger partial charge in [0.25, 0.3) is 0 Å². The van der Waals surface area contributed by atoms with Gasteiger partial charge in [0.05, 0.1) is 11.5 Å². The van der Waals surface area contributed by atoms with Crippen LogP contribution in [0.1, 0.15) is 71.8 Å². The molecule has 0 amide bonds. The van der Waals surface area contributed by atoms with Gasteiger partial charge in [-0.15, -0.1) is 0 Å². The molecule has 0 aromatic heterocycles. The highest BCUT2D eigenvalue weighted by Crippen LogP contribution is 2.47. The van der Waals surface area contributed by atoms with Crippen molar-refractivity contribution in [3.05, 3.63) is 42.1 Å². The SMILES string of the molecule is CC/C=C/N(CCCCCOCC(=O)OC(C)(C)C)c1ccc(C2(C#N)CC2)cc1. The van der Waals surface area contributed by atoms with E-state index >= 15 is 0 Å². The van der Waals surface area contributed by atoms with Crippen molar-refractivity contribution in [2.75, 3.05) is 24.7 Å². The molecule has 0 spiro atoms. The van der Waals surface area contributed by atoms with Crippen LogP contribution in [0.3, 0.4) is 0 Å². The normalized spacial score (nSPS) is 15.0. The standard InChI is InChI=1S/C25H36N2O3/c1-5-6-16-27(22-12-10-21(11-13-22)25(20-26)14-15-25)17-8-7-9-18-29-19-23(28)30-24(2,3)4/h6,10-13,16H,5,7-9,14-15,17-19H2,1-4H3/b16-6+. The fourth-order valence-electron chi connectivity index (χ4n) is 3.27. The summed E-state index contributed by atoms with van der Waals surface area (Å²) in [7, 11) is 0. The molecule has 1 aromatic rings. The molecule has 5 nitrogen and oxygen atoms in total. The highest BCUT2D eigenvalue weighted by molar-refractivity contribution is 5.71. The molecule has 0 N–H and O–H groups in total. The molecule has 0 saturated heterocycles. The molecule has 1 aliphatic rings. The first-order valence-corrected chi connectivity index (χ1v) is 11.0. The second kappa shape index (κ2) is 11.2. The zero-order valence-corrected chi connectivity index (χ0v) is 18.9. The third kappa shape index (κ3) is 7.84. The molecule has 1 aliphatic carbocycles. The largest absolute Gasteiger partial charge is 0.458 e. The van der Waals surface area contributed by atoms with Crippen LogP contribution in [0.25, 0.3) is 0 Å². The Bertz CT molecular complexity index is 737. The Morgan fingerprint density at radius 2 is 1.90 bits per heavy atom. The zero-order chi connectivity index (χ0) is 22.0. The molecule has 1 fully saturated rings. The summed E-state index contributed by atoms with van der Waals surface area (Å²) in [6, 6.07) is 10.9. The number of carbonyl (C=O) groups is 1. The minimum absolute atomic E-state index is 0.0131. The highest BCUT2D eigenvalue weighted by Gasteiger charge is 2.44. The summed E-state index contributed by atoms with van der Waals surface area (Å²) < 4.78 is 10.7. The Labute approximate surface area is 181 Å². The Kier molecular flexibility index (Phi) is 8.92. The van der Waals surface area contributed by atoms with Gasteiger partial charge in [0.15, 0.2) is 0 Å². The van der Waals surface area contributed by atoms with Crippen LogP contribution in [0, 0.1) is 11.3 Å². The van der Waals surface area contributed by atoms with Gasteiger partial charge in [-0.2, -0.15) is 5.26 Å². The zero-order valence-electron chi connectivity index (χ0n) is 18.9. The number of esters is 1. The van der Waals surface area contributed by atoms with Crippen molar-refractivity contribution < 1.29 is 14.3 Å². The fourth-order valence-corrected chi connectivity index (χ4v) is 3.27. The first-order valence-electron chi connectivity index (χ1n) is 11.0. The highest BCUT2D eigenvalue weighted by atomic mass is 16.6. The van der Waals surface area contributed by atoms with Gasteiger partial charge in [-0.3, -0.25) is 0 Å². The van der Waals surface area contributed by atoms with Gasteiger partial charge in [-0.25, -0.2) is 4.79 Å². The van der Waals surface area contributed by atoms with Crippen LogP contribution in [0.4, 0.5) is 5.69 Å². The predicted molar refractivity (Wildman–Crippen MR) is 120 cm³/mol. The molecule has 0 bridgehead atoms. The smallest absolute Gasteiger partial charge is 0.332 e. The van der Waals surface area contributed by atoms with Gasteiger partial charge in [0.1, 0.15) is 12.2 Å². The minimum Gasteiger partial charge on any atom is -0.458 e. The molecule has 0 heterocycles. The molecular weight excluding hydrogens is 376 g/mol. The Morgan fingerprint density at radius 3 is 2.47 bits per heavy atom. The lowest BCUT2D eigenvalue weighted by molar-refractivity contribution is -0.160. The first-order chi connectivity index (χ1) is 14.3. The van der Waals surface area contributed by atoms with Crippen LogP contribution in [0.5, 0.6) is 0 Å². The fraction of sp³-hybridized carbons (Fsp3) is 0.600. The quantitative estimate of drug-likeness (QED) is 0.335. The lowest BCUT2D eigenvalue weighted by Crippen LogP contribution is -2.26. The summed E-state index contributed by atoms with van der Waals surface area (Å²) in [6.07, 6.45) is 10.2. The van der Waals surface area contributed by atoms with E-state index in [2.05, 4.69) is 54.4 Å². The van der Waals surface area contributed by atoms with Gasteiger partial charge in [0.2, 0.25) is 0 Å². The number of ether oxygens (including phenoxy) is 2. The number of carbonyl (C=O) groups excluding carboxylic acids is 1. The lowest BCUT2D eigenvalue weighted by Gasteiger charge is -2.21. The first kappa shape index (κ1) is 24.0. The topological polar surface area (TPSA) is 62.6 Å². The lowest BCUT2D eigenvalue weighted by atomic mass is 9.97. The van der Waals surface area contributed by atoms with Crippen LogP contribution in [-0.4, -0.2) is 31.3 Å². The minimum atomic E-state index is -0.470. The molecule has 0 unspecified atom stereocenters. The molecule has 164 valence electrons. The number of nitrogens with zero attached hydrogens (tertiary/aromatic N) is 2. The maximum atomic E-state index is 11.6. The number of benzene rings is 1. The van der Waals surface area contributed by atoms with E-state index in [1.54, 1.807) is 0 Å². The van der Waals surface area contributed by atoms with Crippen molar-refractivity contribution in [1.29, 1.82) is 5.26 Å². The second-order valence-corrected chi connectivity index (χ2v) is 8.93. The maximum absolute atomic E-state index is 11.6. The molecule has 0 radical (unpaired) electrons. The van der Waals surface area contributed by atoms with Gasteiger partial charge in [-0.05, 0) is 77.0 Å². The molecule has 2 rings (SSSR count). The number of nitriles is 1. The van der Waals surface area contributed by atoms with Gasteiger partial charge < -0.3 is 14.4 Å². The van der Waals surface area contributed by atoms with E-state index in [1.165, 1.54) is 0 Å². The average molecular weight is 413 g/mol. The molecular formula is C25H36N2O3. The summed E-state index contributed by atoms with van der Waals surface area (Å²) >= 11 is 0. The van der Waals surface area contributed by atoms with Gasteiger partial charge in [0, 0.05) is 25.0 Å². The molecule has 1 saturated carbocycles. The van der Waals surface area contributed by atoms with E-state index < -0.39 is 5.60 Å². The number of rotatable bonds is 12. The van der Waals surface area contributed by atoms with E-state index in [-0.39, 0.29) is 18.0 Å². The Hall–Kier alpha value is -2.32. The monoisotopic (exact) mass is 412 g/mol. The van der Waals surface area contributed by atoms with E-state index in [9.17, 15) is 10.1 Å². The second-order valence-electron chi connectivity index (χ2n) is 8.93. The third-order valence-electron chi connectivity index (χ3n) is 5.06. The van der Waals surface area contributed by atoms with Crippen molar-refractivity contribution >= 4 is 11.7 Å². The van der Waals surface area contributed by atoms with Gasteiger partial charge >= 0.3 is 5.97 Å². The van der Waals surface area contributed by atoms with E-state index in [0.29, 0.717) is 6.61 Å². The van der Waals surface area contributed by atoms with E-state index in [0.717, 1.165) is 56.3 Å². The summed E-state index contributed by atoms with van der Waals surface area (Å²) in [5.41, 5.74) is 1.58. The number of hydrogen-bond acceptors (Lipinski definition) is 5. The Morgan fingerprint density at radius 1 is 1.20 bits per heavy atom. The summed E-state index contributed by atoms with van der Waals surface area (Å²) in [6.45, 7) is 9.18. The molecule has 5 heteroatoms.